The molecule has 0 bridgehead atoms. The normalized spacial score (nSPS) is 28.8. The van der Waals surface area contributed by atoms with Crippen LogP contribution in [0.5, 0.6) is 5.75 Å². The smallest absolute Gasteiger partial charge is 0.127 e. The van der Waals surface area contributed by atoms with E-state index in [1.165, 1.54) is 43.2 Å². The van der Waals surface area contributed by atoms with Crippen LogP contribution in [-0.4, -0.2) is 6.04 Å². The standard InChI is InChI=1S/C23H28ClNO/c24-18-10-12-20(13-11-18)26-23-21-8-4-2-5-16(21)9-14-22(23)17-6-1-3-7-19(25)15-17/h2,4-5,8,10-13,17,19,22-23H,1,3,6-7,9,14-15,25H2. The Labute approximate surface area is 161 Å². The summed E-state index contributed by atoms with van der Waals surface area (Å²) in [5.74, 6) is 2.09. The highest BCUT2D eigenvalue weighted by molar-refractivity contribution is 6.30. The zero-order valence-electron chi connectivity index (χ0n) is 15.2. The van der Waals surface area contributed by atoms with Crippen molar-refractivity contribution in [3.8, 4) is 5.75 Å². The molecule has 1 fully saturated rings. The molecule has 3 heteroatoms. The fourth-order valence-electron chi connectivity index (χ4n) is 4.86. The zero-order chi connectivity index (χ0) is 17.9. The van der Waals surface area contributed by atoms with E-state index in [0.717, 1.165) is 23.6 Å². The van der Waals surface area contributed by atoms with Crippen molar-refractivity contribution in [2.75, 3.05) is 0 Å². The van der Waals surface area contributed by atoms with Crippen molar-refractivity contribution in [3.63, 3.8) is 0 Å². The quantitative estimate of drug-likeness (QED) is 0.680. The van der Waals surface area contributed by atoms with Crippen LogP contribution in [0, 0.1) is 11.8 Å². The van der Waals surface area contributed by atoms with Gasteiger partial charge in [-0.25, -0.2) is 0 Å². The number of fused-ring (bicyclic) bond motifs is 1. The Kier molecular flexibility index (Phi) is 5.52. The van der Waals surface area contributed by atoms with E-state index >= 15 is 0 Å². The maximum atomic E-state index is 6.58. The molecular formula is C23H28ClNO. The Bertz CT molecular complexity index is 729. The Morgan fingerprint density at radius 3 is 2.54 bits per heavy atom. The Balaban J connectivity index is 1.64. The largest absolute Gasteiger partial charge is 0.485 e. The number of ether oxygens (including phenoxy) is 1. The molecule has 2 N–H and O–H groups in total. The SMILES string of the molecule is NC1CCCCC(C2CCc3ccccc3C2Oc2ccc(Cl)cc2)C1. The lowest BCUT2D eigenvalue weighted by Crippen LogP contribution is -2.33. The summed E-state index contributed by atoms with van der Waals surface area (Å²) in [6, 6.07) is 16.9. The summed E-state index contributed by atoms with van der Waals surface area (Å²) in [4.78, 5) is 0. The second-order valence-electron chi connectivity index (χ2n) is 7.93. The third kappa shape index (κ3) is 3.92. The van der Waals surface area contributed by atoms with Crippen LogP contribution >= 0.6 is 11.6 Å². The first-order valence-electron chi connectivity index (χ1n) is 9.96. The van der Waals surface area contributed by atoms with Crippen LogP contribution in [-0.2, 0) is 6.42 Å². The lowest BCUT2D eigenvalue weighted by atomic mass is 9.72. The molecule has 0 heterocycles. The minimum Gasteiger partial charge on any atom is -0.485 e. The predicted molar refractivity (Wildman–Crippen MR) is 108 cm³/mol. The Hall–Kier alpha value is -1.51. The fraction of sp³-hybridized carbons (Fsp3) is 0.478. The summed E-state index contributed by atoms with van der Waals surface area (Å²) in [7, 11) is 0. The summed E-state index contributed by atoms with van der Waals surface area (Å²) in [6.07, 6.45) is 8.58. The number of rotatable bonds is 3. The van der Waals surface area contributed by atoms with Crippen molar-refractivity contribution in [2.24, 2.45) is 17.6 Å². The molecule has 2 aliphatic rings. The maximum absolute atomic E-state index is 6.58. The van der Waals surface area contributed by atoms with Crippen LogP contribution < -0.4 is 10.5 Å². The van der Waals surface area contributed by atoms with Gasteiger partial charge in [0.05, 0.1) is 0 Å². The first kappa shape index (κ1) is 17.9. The number of hydrogen-bond acceptors (Lipinski definition) is 2. The molecule has 0 saturated heterocycles. The minimum atomic E-state index is 0.108. The highest BCUT2D eigenvalue weighted by Gasteiger charge is 2.37. The number of halogens is 1. The van der Waals surface area contributed by atoms with Crippen LogP contribution in [0.4, 0.5) is 0 Å². The lowest BCUT2D eigenvalue weighted by Gasteiger charge is -2.39. The second kappa shape index (κ2) is 8.02. The first-order valence-corrected chi connectivity index (χ1v) is 10.3. The number of benzene rings is 2. The van der Waals surface area contributed by atoms with Gasteiger partial charge in [-0.15, -0.1) is 0 Å². The van der Waals surface area contributed by atoms with Crippen molar-refractivity contribution in [2.45, 2.75) is 57.1 Å². The monoisotopic (exact) mass is 369 g/mol. The molecule has 0 amide bonds. The molecule has 4 unspecified atom stereocenters. The van der Waals surface area contributed by atoms with E-state index in [4.69, 9.17) is 22.1 Å². The molecule has 2 aliphatic carbocycles. The Morgan fingerprint density at radius 1 is 0.923 bits per heavy atom. The van der Waals surface area contributed by atoms with Crippen molar-refractivity contribution in [3.05, 3.63) is 64.7 Å². The van der Waals surface area contributed by atoms with Crippen LogP contribution in [0.1, 0.15) is 55.8 Å². The number of nitrogens with two attached hydrogens (primary N) is 1. The summed E-state index contributed by atoms with van der Waals surface area (Å²) >= 11 is 6.05. The third-order valence-electron chi connectivity index (χ3n) is 6.19. The van der Waals surface area contributed by atoms with E-state index in [9.17, 15) is 0 Å². The number of hydrogen-bond donors (Lipinski definition) is 1. The molecule has 0 spiro atoms. The van der Waals surface area contributed by atoms with Gasteiger partial charge in [0.1, 0.15) is 11.9 Å². The first-order chi connectivity index (χ1) is 12.7. The highest BCUT2D eigenvalue weighted by atomic mass is 35.5. The Morgan fingerprint density at radius 2 is 1.69 bits per heavy atom. The third-order valence-corrected chi connectivity index (χ3v) is 6.44. The van der Waals surface area contributed by atoms with Gasteiger partial charge in [0.25, 0.3) is 0 Å². The molecule has 26 heavy (non-hydrogen) atoms. The number of aryl methyl sites for hydroxylation is 1. The molecule has 138 valence electrons. The van der Waals surface area contributed by atoms with E-state index in [0.29, 0.717) is 17.9 Å². The lowest BCUT2D eigenvalue weighted by molar-refractivity contribution is 0.0709. The predicted octanol–water partition coefficient (Wildman–Crippen LogP) is 5.93. The average molecular weight is 370 g/mol. The topological polar surface area (TPSA) is 35.2 Å². The van der Waals surface area contributed by atoms with E-state index in [-0.39, 0.29) is 6.10 Å². The molecular weight excluding hydrogens is 342 g/mol. The fourth-order valence-corrected chi connectivity index (χ4v) is 4.99. The summed E-state index contributed by atoms with van der Waals surface area (Å²) in [5.41, 5.74) is 9.17. The van der Waals surface area contributed by atoms with Gasteiger partial charge in [0, 0.05) is 17.0 Å². The summed E-state index contributed by atoms with van der Waals surface area (Å²) in [6.45, 7) is 0. The van der Waals surface area contributed by atoms with E-state index < -0.39 is 0 Å². The van der Waals surface area contributed by atoms with Gasteiger partial charge in [-0.2, -0.15) is 0 Å². The summed E-state index contributed by atoms with van der Waals surface area (Å²) in [5, 5.41) is 0.743. The molecule has 4 atom stereocenters. The molecule has 2 nitrogen and oxygen atoms in total. The summed E-state index contributed by atoms with van der Waals surface area (Å²) < 4.78 is 6.58. The van der Waals surface area contributed by atoms with Crippen LogP contribution in [0.15, 0.2) is 48.5 Å². The van der Waals surface area contributed by atoms with Gasteiger partial charge >= 0.3 is 0 Å². The van der Waals surface area contributed by atoms with Crippen molar-refractivity contribution in [1.82, 2.24) is 0 Å². The van der Waals surface area contributed by atoms with E-state index in [1.54, 1.807) is 0 Å². The highest BCUT2D eigenvalue weighted by Crippen LogP contribution is 2.45. The van der Waals surface area contributed by atoms with Gasteiger partial charge in [-0.3, -0.25) is 0 Å². The molecule has 1 saturated carbocycles. The molecule has 4 rings (SSSR count). The molecule has 2 aromatic rings. The van der Waals surface area contributed by atoms with Gasteiger partial charge in [0.15, 0.2) is 0 Å². The second-order valence-corrected chi connectivity index (χ2v) is 8.37. The van der Waals surface area contributed by atoms with Gasteiger partial charge in [0.2, 0.25) is 0 Å². The van der Waals surface area contributed by atoms with Crippen molar-refractivity contribution < 1.29 is 4.74 Å². The van der Waals surface area contributed by atoms with Crippen LogP contribution in [0.2, 0.25) is 5.02 Å². The van der Waals surface area contributed by atoms with Crippen molar-refractivity contribution in [1.29, 1.82) is 0 Å². The molecule has 0 aromatic heterocycles. The molecule has 2 aromatic carbocycles. The van der Waals surface area contributed by atoms with E-state index in [1.807, 2.05) is 24.3 Å². The van der Waals surface area contributed by atoms with Crippen LogP contribution in [0.25, 0.3) is 0 Å². The van der Waals surface area contributed by atoms with Crippen LogP contribution in [0.3, 0.4) is 0 Å². The maximum Gasteiger partial charge on any atom is 0.127 e. The molecule has 0 aliphatic heterocycles. The minimum absolute atomic E-state index is 0.108. The average Bonchev–Trinajstić information content (AvgIpc) is 2.88. The van der Waals surface area contributed by atoms with Gasteiger partial charge in [-0.05, 0) is 73.4 Å². The van der Waals surface area contributed by atoms with E-state index in [2.05, 4.69) is 24.3 Å². The van der Waals surface area contributed by atoms with Gasteiger partial charge < -0.3 is 10.5 Å². The van der Waals surface area contributed by atoms with Crippen molar-refractivity contribution >= 4 is 11.6 Å². The molecule has 0 radical (unpaired) electrons. The van der Waals surface area contributed by atoms with Gasteiger partial charge in [-0.1, -0.05) is 48.7 Å². The zero-order valence-corrected chi connectivity index (χ0v) is 16.0.